The van der Waals surface area contributed by atoms with E-state index >= 15 is 0 Å². The third-order valence-electron chi connectivity index (χ3n) is 6.69. The monoisotopic (exact) mass is 419 g/mol. The summed E-state index contributed by atoms with van der Waals surface area (Å²) in [5.74, 6) is 0.618. The highest BCUT2D eigenvalue weighted by Crippen LogP contribution is 2.35. The molecule has 0 N–H and O–H groups in total. The van der Waals surface area contributed by atoms with Gasteiger partial charge < -0.3 is 4.90 Å². The van der Waals surface area contributed by atoms with Gasteiger partial charge in [0.1, 0.15) is 0 Å². The molecule has 0 unspecified atom stereocenters. The number of rotatable bonds is 4. The van der Waals surface area contributed by atoms with Crippen molar-refractivity contribution in [3.63, 3.8) is 0 Å². The van der Waals surface area contributed by atoms with Gasteiger partial charge in [-0.25, -0.2) is 4.98 Å². The average Bonchev–Trinajstić information content (AvgIpc) is 3.23. The van der Waals surface area contributed by atoms with Gasteiger partial charge in [-0.1, -0.05) is 36.4 Å². The van der Waals surface area contributed by atoms with Crippen LogP contribution in [-0.4, -0.2) is 47.4 Å². The normalized spacial score (nSPS) is 21.7. The number of nitrogens with zero attached hydrogens (tertiary/aromatic N) is 3. The average molecular weight is 420 g/mol. The molecule has 0 saturated carbocycles. The van der Waals surface area contributed by atoms with Gasteiger partial charge in [-0.15, -0.1) is 11.3 Å². The van der Waals surface area contributed by atoms with Crippen molar-refractivity contribution in [2.24, 2.45) is 0 Å². The molecule has 156 valence electrons. The summed E-state index contributed by atoms with van der Waals surface area (Å²) in [7, 11) is 2.11. The van der Waals surface area contributed by atoms with Crippen LogP contribution in [-0.2, 0) is 11.2 Å². The molecule has 5 rings (SSSR count). The molecule has 2 aliphatic rings. The van der Waals surface area contributed by atoms with Crippen LogP contribution in [0.5, 0.6) is 0 Å². The number of benzene rings is 2. The fourth-order valence-electron chi connectivity index (χ4n) is 5.08. The molecular formula is C25H29N3OS. The summed E-state index contributed by atoms with van der Waals surface area (Å²) in [5, 5.41) is 1.18. The zero-order valence-electron chi connectivity index (χ0n) is 17.6. The zero-order valence-corrected chi connectivity index (χ0v) is 18.4. The molecule has 3 aromatic rings. The minimum absolute atomic E-state index is 0.256. The van der Waals surface area contributed by atoms with Gasteiger partial charge in [0, 0.05) is 25.0 Å². The molecule has 0 bridgehead atoms. The molecule has 1 fully saturated rings. The Morgan fingerprint density at radius 1 is 1.13 bits per heavy atom. The lowest BCUT2D eigenvalue weighted by atomic mass is 9.87. The van der Waals surface area contributed by atoms with Crippen molar-refractivity contribution in [3.8, 4) is 0 Å². The van der Waals surface area contributed by atoms with Gasteiger partial charge in [0.25, 0.3) is 0 Å². The van der Waals surface area contributed by atoms with Gasteiger partial charge in [0.05, 0.1) is 21.8 Å². The number of carbonyl (C=O) groups excluding carboxylic acids is 1. The maximum absolute atomic E-state index is 13.2. The van der Waals surface area contributed by atoms with E-state index in [0.717, 1.165) is 44.3 Å². The van der Waals surface area contributed by atoms with Gasteiger partial charge in [0.2, 0.25) is 5.91 Å². The second kappa shape index (κ2) is 8.48. The van der Waals surface area contributed by atoms with E-state index in [1.807, 2.05) is 6.07 Å². The van der Waals surface area contributed by atoms with Crippen molar-refractivity contribution in [2.45, 2.75) is 44.1 Å². The Morgan fingerprint density at radius 2 is 1.97 bits per heavy atom. The van der Waals surface area contributed by atoms with Crippen molar-refractivity contribution in [3.05, 3.63) is 64.7 Å². The molecule has 5 heteroatoms. The number of hydrogen-bond acceptors (Lipinski definition) is 4. The van der Waals surface area contributed by atoms with E-state index in [-0.39, 0.29) is 5.91 Å². The van der Waals surface area contributed by atoms with Crippen LogP contribution in [0.15, 0.2) is 48.5 Å². The Morgan fingerprint density at radius 3 is 2.87 bits per heavy atom. The lowest BCUT2D eigenvalue weighted by Crippen LogP contribution is -2.44. The number of aromatic nitrogens is 1. The van der Waals surface area contributed by atoms with E-state index in [9.17, 15) is 4.79 Å². The van der Waals surface area contributed by atoms with E-state index in [1.165, 1.54) is 27.3 Å². The van der Waals surface area contributed by atoms with E-state index in [2.05, 4.69) is 59.3 Å². The fraction of sp³-hybridized carbons (Fsp3) is 0.440. The number of carbonyl (C=O) groups is 1. The number of likely N-dealkylation sites (tertiary alicyclic amines) is 1. The standard InChI is InChI=1S/C25H29N3OS/c1-27(22-13-6-9-18-8-2-3-11-20(18)22)17-24(29)28-15-7-10-19(16-28)25-26-21-12-4-5-14-23(21)30-25/h2-5,8,11-12,14,19,22H,6-7,9-10,13,15-17H2,1H3/t19-,22+/m1/s1. The second-order valence-corrected chi connectivity index (χ2v) is 9.78. The maximum Gasteiger partial charge on any atom is 0.236 e. The highest BCUT2D eigenvalue weighted by atomic mass is 32.1. The van der Waals surface area contributed by atoms with E-state index in [4.69, 9.17) is 4.98 Å². The molecule has 2 heterocycles. The third kappa shape index (κ3) is 3.88. The summed E-state index contributed by atoms with van der Waals surface area (Å²) >= 11 is 1.79. The number of para-hydroxylation sites is 1. The van der Waals surface area contributed by atoms with Crippen molar-refractivity contribution < 1.29 is 4.79 Å². The van der Waals surface area contributed by atoms with Gasteiger partial charge in [0.15, 0.2) is 0 Å². The minimum atomic E-state index is 0.256. The predicted molar refractivity (Wildman–Crippen MR) is 123 cm³/mol. The molecule has 1 saturated heterocycles. The maximum atomic E-state index is 13.2. The number of amides is 1. The van der Waals surface area contributed by atoms with Crippen molar-refractivity contribution >= 4 is 27.5 Å². The molecule has 2 aromatic carbocycles. The Kier molecular flexibility index (Phi) is 5.57. The summed E-state index contributed by atoms with van der Waals surface area (Å²) in [5.41, 5.74) is 3.93. The molecule has 0 spiro atoms. The van der Waals surface area contributed by atoms with Crippen molar-refractivity contribution in [2.75, 3.05) is 26.7 Å². The Labute approximate surface area is 182 Å². The summed E-state index contributed by atoms with van der Waals surface area (Å²) in [4.78, 5) is 22.4. The molecule has 1 aliphatic heterocycles. The van der Waals surface area contributed by atoms with Gasteiger partial charge in [-0.05, 0) is 62.4 Å². The van der Waals surface area contributed by atoms with Crippen LogP contribution < -0.4 is 0 Å². The Hall–Kier alpha value is -2.24. The first kappa shape index (κ1) is 19.7. The highest BCUT2D eigenvalue weighted by Gasteiger charge is 2.30. The smallest absolute Gasteiger partial charge is 0.236 e. The van der Waals surface area contributed by atoms with E-state index in [0.29, 0.717) is 18.5 Å². The Balaban J connectivity index is 1.26. The van der Waals surface area contributed by atoms with E-state index in [1.54, 1.807) is 11.3 Å². The summed E-state index contributed by atoms with van der Waals surface area (Å²) in [6, 6.07) is 17.4. The molecule has 0 radical (unpaired) electrons. The topological polar surface area (TPSA) is 36.4 Å². The van der Waals surface area contributed by atoms with Gasteiger partial charge in [-0.2, -0.15) is 0 Å². The molecule has 1 aliphatic carbocycles. The molecular weight excluding hydrogens is 390 g/mol. The fourth-order valence-corrected chi connectivity index (χ4v) is 6.17. The Bertz CT molecular complexity index is 1010. The summed E-state index contributed by atoms with van der Waals surface area (Å²) < 4.78 is 1.24. The first-order valence-electron chi connectivity index (χ1n) is 11.1. The number of aryl methyl sites for hydroxylation is 1. The van der Waals surface area contributed by atoms with Crippen molar-refractivity contribution in [1.29, 1.82) is 0 Å². The van der Waals surface area contributed by atoms with Crippen LogP contribution >= 0.6 is 11.3 Å². The van der Waals surface area contributed by atoms with Crippen molar-refractivity contribution in [1.82, 2.24) is 14.8 Å². The number of piperidine rings is 1. The first-order valence-corrected chi connectivity index (χ1v) is 11.9. The van der Waals surface area contributed by atoms with E-state index < -0.39 is 0 Å². The van der Waals surface area contributed by atoms with Gasteiger partial charge >= 0.3 is 0 Å². The molecule has 30 heavy (non-hydrogen) atoms. The quantitative estimate of drug-likeness (QED) is 0.596. The number of fused-ring (bicyclic) bond motifs is 2. The predicted octanol–water partition coefficient (Wildman–Crippen LogP) is 5.01. The minimum Gasteiger partial charge on any atom is -0.341 e. The summed E-state index contributed by atoms with van der Waals surface area (Å²) in [6.07, 6.45) is 5.67. The van der Waals surface area contributed by atoms with Crippen LogP contribution in [0.4, 0.5) is 0 Å². The number of hydrogen-bond donors (Lipinski definition) is 0. The highest BCUT2D eigenvalue weighted by molar-refractivity contribution is 7.18. The second-order valence-electron chi connectivity index (χ2n) is 8.72. The van der Waals surface area contributed by atoms with Crippen LogP contribution in [0.3, 0.4) is 0 Å². The first-order chi connectivity index (χ1) is 14.7. The lowest BCUT2D eigenvalue weighted by Gasteiger charge is -2.36. The molecule has 4 nitrogen and oxygen atoms in total. The molecule has 2 atom stereocenters. The number of thiazole rings is 1. The van der Waals surface area contributed by atoms with Crippen LogP contribution in [0, 0.1) is 0 Å². The zero-order chi connectivity index (χ0) is 20.5. The summed E-state index contributed by atoms with van der Waals surface area (Å²) in [6.45, 7) is 2.16. The van der Waals surface area contributed by atoms with Crippen LogP contribution in [0.2, 0.25) is 0 Å². The van der Waals surface area contributed by atoms with Crippen LogP contribution in [0.1, 0.15) is 53.8 Å². The lowest BCUT2D eigenvalue weighted by molar-refractivity contribution is -0.134. The largest absolute Gasteiger partial charge is 0.341 e. The van der Waals surface area contributed by atoms with Gasteiger partial charge in [-0.3, -0.25) is 9.69 Å². The van der Waals surface area contributed by atoms with Crippen LogP contribution in [0.25, 0.3) is 10.2 Å². The SMILES string of the molecule is CN(CC(=O)N1CCC[C@@H](c2nc3ccccc3s2)C1)[C@H]1CCCc2ccccc21. The molecule has 1 amide bonds. The number of likely N-dealkylation sites (N-methyl/N-ethyl adjacent to an activating group) is 1. The molecule has 1 aromatic heterocycles. The third-order valence-corrected chi connectivity index (χ3v) is 7.89.